The van der Waals surface area contributed by atoms with Gasteiger partial charge < -0.3 is 10.4 Å². The molecule has 2 aromatic heterocycles. The predicted octanol–water partition coefficient (Wildman–Crippen LogP) is 1.04. The molecule has 6 nitrogen and oxygen atoms in total. The molecule has 1 amide bonds. The van der Waals surface area contributed by atoms with Crippen LogP contribution in [-0.2, 0) is 7.05 Å². The van der Waals surface area contributed by atoms with Gasteiger partial charge in [-0.2, -0.15) is 5.10 Å². The molecule has 0 fully saturated rings. The highest BCUT2D eigenvalue weighted by molar-refractivity contribution is 7.16. The van der Waals surface area contributed by atoms with Crippen molar-refractivity contribution in [2.75, 3.05) is 6.61 Å². The molecule has 2 rings (SSSR count). The fourth-order valence-electron chi connectivity index (χ4n) is 1.58. The number of thiazole rings is 1. The zero-order valence-corrected chi connectivity index (χ0v) is 11.6. The van der Waals surface area contributed by atoms with Gasteiger partial charge in [0.05, 0.1) is 25.0 Å². The lowest BCUT2D eigenvalue weighted by molar-refractivity contribution is 0.0919. The number of rotatable bonds is 5. The molecule has 1 atom stereocenters. The van der Waals surface area contributed by atoms with Crippen LogP contribution in [0.2, 0.25) is 0 Å². The molecule has 0 saturated carbocycles. The fraction of sp³-hybridized carbons (Fsp3) is 0.417. The second-order valence-electron chi connectivity index (χ2n) is 4.19. The van der Waals surface area contributed by atoms with Crippen molar-refractivity contribution in [2.45, 2.75) is 19.4 Å². The molecule has 1 unspecified atom stereocenters. The molecule has 0 saturated heterocycles. The van der Waals surface area contributed by atoms with Crippen molar-refractivity contribution >= 4 is 17.2 Å². The first-order chi connectivity index (χ1) is 9.13. The molecule has 0 aromatic carbocycles. The summed E-state index contributed by atoms with van der Waals surface area (Å²) in [5.74, 6) is -0.200. The molecule has 7 heteroatoms. The Kier molecular flexibility index (Phi) is 4.28. The highest BCUT2D eigenvalue weighted by Crippen LogP contribution is 2.24. The molecule has 2 heterocycles. The molecule has 0 spiro atoms. The van der Waals surface area contributed by atoms with Crippen LogP contribution in [0.5, 0.6) is 0 Å². The van der Waals surface area contributed by atoms with Gasteiger partial charge in [0.25, 0.3) is 5.91 Å². The van der Waals surface area contributed by atoms with Gasteiger partial charge in [0.1, 0.15) is 9.88 Å². The zero-order valence-electron chi connectivity index (χ0n) is 10.8. The minimum Gasteiger partial charge on any atom is -0.394 e. The van der Waals surface area contributed by atoms with E-state index < -0.39 is 0 Å². The van der Waals surface area contributed by atoms with Crippen LogP contribution in [0, 0.1) is 0 Å². The number of nitrogens with zero attached hydrogens (tertiary/aromatic N) is 3. The van der Waals surface area contributed by atoms with Crippen molar-refractivity contribution in [1.82, 2.24) is 20.1 Å². The maximum absolute atomic E-state index is 12.0. The molecule has 0 bridgehead atoms. The van der Waals surface area contributed by atoms with Crippen molar-refractivity contribution in [3.8, 4) is 10.6 Å². The first-order valence-corrected chi connectivity index (χ1v) is 6.82. The van der Waals surface area contributed by atoms with E-state index in [0.717, 1.165) is 10.6 Å². The number of aromatic nitrogens is 3. The van der Waals surface area contributed by atoms with Crippen LogP contribution in [0.25, 0.3) is 10.6 Å². The summed E-state index contributed by atoms with van der Waals surface area (Å²) in [7, 11) is 1.83. The number of carbonyl (C=O) groups excluding carboxylic acids is 1. The Bertz CT molecular complexity index is 560. The third-order valence-electron chi connectivity index (χ3n) is 2.73. The Morgan fingerprint density at radius 2 is 2.37 bits per heavy atom. The van der Waals surface area contributed by atoms with Crippen LogP contribution in [0.4, 0.5) is 0 Å². The number of hydrogen-bond donors (Lipinski definition) is 2. The number of hydrogen-bond acceptors (Lipinski definition) is 5. The lowest BCUT2D eigenvalue weighted by Gasteiger charge is -2.12. The van der Waals surface area contributed by atoms with Crippen LogP contribution >= 0.6 is 11.3 Å². The summed E-state index contributed by atoms with van der Waals surface area (Å²) in [6, 6.07) is -0.212. The van der Waals surface area contributed by atoms with Gasteiger partial charge >= 0.3 is 0 Å². The summed E-state index contributed by atoms with van der Waals surface area (Å²) in [5.41, 5.74) is 0.890. The van der Waals surface area contributed by atoms with E-state index >= 15 is 0 Å². The molecule has 0 aliphatic rings. The van der Waals surface area contributed by atoms with Crippen LogP contribution in [0.1, 0.15) is 23.0 Å². The summed E-state index contributed by atoms with van der Waals surface area (Å²) in [4.78, 5) is 16.7. The normalized spacial score (nSPS) is 12.4. The van der Waals surface area contributed by atoms with E-state index in [1.807, 2.05) is 20.2 Å². The maximum atomic E-state index is 12.0. The Labute approximate surface area is 115 Å². The van der Waals surface area contributed by atoms with Gasteiger partial charge in [-0.1, -0.05) is 6.92 Å². The lowest BCUT2D eigenvalue weighted by Crippen LogP contribution is -2.36. The average Bonchev–Trinajstić information content (AvgIpc) is 3.04. The SMILES string of the molecule is CCC(CO)NC(=O)c1cnc(-c2cnn(C)c2)s1. The van der Waals surface area contributed by atoms with Crippen molar-refractivity contribution < 1.29 is 9.90 Å². The van der Waals surface area contributed by atoms with Gasteiger partial charge in [0.2, 0.25) is 0 Å². The molecule has 0 aliphatic carbocycles. The monoisotopic (exact) mass is 280 g/mol. The highest BCUT2D eigenvalue weighted by Gasteiger charge is 2.15. The van der Waals surface area contributed by atoms with E-state index in [-0.39, 0.29) is 18.6 Å². The van der Waals surface area contributed by atoms with Gasteiger partial charge in [-0.3, -0.25) is 9.48 Å². The van der Waals surface area contributed by atoms with Gasteiger partial charge in [0.15, 0.2) is 0 Å². The third-order valence-corrected chi connectivity index (χ3v) is 3.77. The predicted molar refractivity (Wildman–Crippen MR) is 72.9 cm³/mol. The van der Waals surface area contributed by atoms with Crippen LogP contribution in [0.3, 0.4) is 0 Å². The molecule has 2 N–H and O–H groups in total. The van der Waals surface area contributed by atoms with Crippen molar-refractivity contribution in [3.63, 3.8) is 0 Å². The Morgan fingerprint density at radius 1 is 1.58 bits per heavy atom. The number of carbonyl (C=O) groups is 1. The smallest absolute Gasteiger partial charge is 0.263 e. The van der Waals surface area contributed by atoms with Crippen molar-refractivity contribution in [2.24, 2.45) is 7.05 Å². The second kappa shape index (κ2) is 5.94. The standard InChI is InChI=1S/C12H16N4O2S/c1-3-9(7-17)15-11(18)10-5-13-12(19-10)8-4-14-16(2)6-8/h4-6,9,17H,3,7H2,1-2H3,(H,15,18). The zero-order chi connectivity index (χ0) is 13.8. The minimum atomic E-state index is -0.212. The molecule has 2 aromatic rings. The number of aryl methyl sites for hydroxylation is 1. The molecular formula is C12H16N4O2S. The minimum absolute atomic E-state index is 0.0590. The Hall–Kier alpha value is -1.73. The number of amides is 1. The molecule has 0 aliphatic heterocycles. The van der Waals surface area contributed by atoms with Crippen LogP contribution in [-0.4, -0.2) is 38.4 Å². The number of nitrogens with one attached hydrogen (secondary N) is 1. The quantitative estimate of drug-likeness (QED) is 0.857. The van der Waals surface area contributed by atoms with E-state index in [4.69, 9.17) is 5.11 Å². The van der Waals surface area contributed by atoms with Crippen molar-refractivity contribution in [3.05, 3.63) is 23.5 Å². The summed E-state index contributed by atoms with van der Waals surface area (Å²) in [6.07, 6.45) is 5.80. The lowest BCUT2D eigenvalue weighted by atomic mass is 10.2. The number of aliphatic hydroxyl groups is 1. The van der Waals surface area contributed by atoms with E-state index in [1.165, 1.54) is 11.3 Å². The first-order valence-electron chi connectivity index (χ1n) is 6.00. The molecule has 102 valence electrons. The van der Waals surface area contributed by atoms with Gasteiger partial charge in [-0.05, 0) is 6.42 Å². The fourth-order valence-corrected chi connectivity index (χ4v) is 2.37. The van der Waals surface area contributed by atoms with Crippen molar-refractivity contribution in [1.29, 1.82) is 0 Å². The molecule has 19 heavy (non-hydrogen) atoms. The topological polar surface area (TPSA) is 80.0 Å². The summed E-state index contributed by atoms with van der Waals surface area (Å²) < 4.78 is 1.69. The first kappa shape index (κ1) is 13.7. The van der Waals surface area contributed by atoms with E-state index in [2.05, 4.69) is 15.4 Å². The maximum Gasteiger partial charge on any atom is 0.263 e. The Balaban J connectivity index is 2.10. The summed E-state index contributed by atoms with van der Waals surface area (Å²) in [5, 5.41) is 16.7. The van der Waals surface area contributed by atoms with E-state index in [1.54, 1.807) is 17.1 Å². The molecular weight excluding hydrogens is 264 g/mol. The Morgan fingerprint density at radius 3 is 2.95 bits per heavy atom. The average molecular weight is 280 g/mol. The third kappa shape index (κ3) is 3.18. The number of aliphatic hydroxyl groups excluding tert-OH is 1. The van der Waals surface area contributed by atoms with E-state index in [9.17, 15) is 4.79 Å². The second-order valence-corrected chi connectivity index (χ2v) is 5.22. The van der Waals surface area contributed by atoms with Gasteiger partial charge in [-0.15, -0.1) is 11.3 Å². The summed E-state index contributed by atoms with van der Waals surface area (Å²) >= 11 is 1.31. The van der Waals surface area contributed by atoms with Crippen LogP contribution in [0.15, 0.2) is 18.6 Å². The summed E-state index contributed by atoms with van der Waals surface area (Å²) in [6.45, 7) is 1.85. The van der Waals surface area contributed by atoms with Crippen LogP contribution < -0.4 is 5.32 Å². The highest BCUT2D eigenvalue weighted by atomic mass is 32.1. The largest absolute Gasteiger partial charge is 0.394 e. The van der Waals surface area contributed by atoms with Gasteiger partial charge in [-0.25, -0.2) is 4.98 Å². The van der Waals surface area contributed by atoms with Gasteiger partial charge in [0, 0.05) is 18.8 Å². The molecule has 0 radical (unpaired) electrons. The van der Waals surface area contributed by atoms with E-state index in [0.29, 0.717) is 11.3 Å².